The van der Waals surface area contributed by atoms with Gasteiger partial charge in [0.15, 0.2) is 6.61 Å². The standard InChI is InChI=1S/C35H38N4O7S/c1-44-30-9-7-29(8-10-30)25-39(33(23-27-5-3-2-4-6-27)35(41)37-24-28-15-17-36-18-16-28)34(40)26-46-31-11-13-32(14-12-31)47(42,43)38-19-21-45-22-20-38/h2-18,33H,19-26H2,1H3,(H,37,41). The number of carbonyl (C=O) groups is 2. The maximum atomic E-state index is 14.0. The first kappa shape index (κ1) is 33.6. The van der Waals surface area contributed by atoms with Crippen LogP contribution in [0, 0.1) is 0 Å². The first-order valence-electron chi connectivity index (χ1n) is 15.3. The van der Waals surface area contributed by atoms with Gasteiger partial charge in [-0.3, -0.25) is 14.6 Å². The molecule has 5 rings (SSSR count). The van der Waals surface area contributed by atoms with Crippen LogP contribution in [0.2, 0.25) is 0 Å². The Balaban J connectivity index is 1.36. The third kappa shape index (κ3) is 9.16. The fourth-order valence-electron chi connectivity index (χ4n) is 5.16. The van der Waals surface area contributed by atoms with Gasteiger partial charge in [0.25, 0.3) is 5.91 Å². The highest BCUT2D eigenvalue weighted by Crippen LogP contribution is 2.22. The predicted molar refractivity (Wildman–Crippen MR) is 175 cm³/mol. The number of sulfonamides is 1. The molecule has 0 radical (unpaired) electrons. The second-order valence-electron chi connectivity index (χ2n) is 10.9. The molecule has 1 aliphatic heterocycles. The maximum Gasteiger partial charge on any atom is 0.261 e. The summed E-state index contributed by atoms with van der Waals surface area (Å²) in [6.07, 6.45) is 3.59. The van der Waals surface area contributed by atoms with Crippen LogP contribution in [0.3, 0.4) is 0 Å². The van der Waals surface area contributed by atoms with E-state index in [9.17, 15) is 18.0 Å². The van der Waals surface area contributed by atoms with E-state index in [4.69, 9.17) is 14.2 Å². The van der Waals surface area contributed by atoms with Crippen molar-refractivity contribution in [1.82, 2.24) is 19.5 Å². The van der Waals surface area contributed by atoms with Crippen molar-refractivity contribution in [3.05, 3.63) is 120 Å². The highest BCUT2D eigenvalue weighted by atomic mass is 32.2. The van der Waals surface area contributed by atoms with E-state index in [0.717, 1.165) is 16.7 Å². The highest BCUT2D eigenvalue weighted by Gasteiger charge is 2.31. The fourth-order valence-corrected chi connectivity index (χ4v) is 6.57. The molecule has 3 aromatic carbocycles. The Morgan fingerprint density at radius 1 is 0.872 bits per heavy atom. The quantitative estimate of drug-likeness (QED) is 0.218. The zero-order valence-corrected chi connectivity index (χ0v) is 27.0. The summed E-state index contributed by atoms with van der Waals surface area (Å²) in [5, 5.41) is 2.99. The van der Waals surface area contributed by atoms with Gasteiger partial charge >= 0.3 is 0 Å². The maximum absolute atomic E-state index is 14.0. The Morgan fingerprint density at radius 2 is 1.53 bits per heavy atom. The second kappa shape index (κ2) is 16.2. The molecule has 2 heterocycles. The molecule has 1 aliphatic rings. The Hall–Kier alpha value is -4.78. The summed E-state index contributed by atoms with van der Waals surface area (Å²) in [5.41, 5.74) is 2.57. The molecule has 47 heavy (non-hydrogen) atoms. The monoisotopic (exact) mass is 658 g/mol. The van der Waals surface area contributed by atoms with Crippen molar-refractivity contribution in [3.63, 3.8) is 0 Å². The van der Waals surface area contributed by atoms with E-state index >= 15 is 0 Å². The SMILES string of the molecule is COc1ccc(CN(C(=O)COc2ccc(S(=O)(=O)N3CCOCC3)cc2)C(Cc2ccccc2)C(=O)NCc2ccncc2)cc1. The topological polar surface area (TPSA) is 127 Å². The van der Waals surface area contributed by atoms with Crippen LogP contribution in [0.5, 0.6) is 11.5 Å². The van der Waals surface area contributed by atoms with Gasteiger partial charge in [-0.05, 0) is 65.2 Å². The van der Waals surface area contributed by atoms with E-state index in [1.807, 2.05) is 54.6 Å². The van der Waals surface area contributed by atoms with Gasteiger partial charge in [0.05, 0.1) is 25.2 Å². The molecular weight excluding hydrogens is 620 g/mol. The summed E-state index contributed by atoms with van der Waals surface area (Å²) in [4.78, 5) is 33.5. The third-order valence-electron chi connectivity index (χ3n) is 7.79. The van der Waals surface area contributed by atoms with E-state index in [1.165, 1.54) is 33.5 Å². The molecule has 1 unspecified atom stereocenters. The van der Waals surface area contributed by atoms with Crippen molar-refractivity contribution in [2.75, 3.05) is 40.0 Å². The van der Waals surface area contributed by atoms with E-state index in [-0.39, 0.29) is 36.9 Å². The van der Waals surface area contributed by atoms with Gasteiger partial charge < -0.3 is 24.4 Å². The minimum absolute atomic E-state index is 0.132. The lowest BCUT2D eigenvalue weighted by Gasteiger charge is -2.31. The average molecular weight is 659 g/mol. The van der Waals surface area contributed by atoms with Crippen molar-refractivity contribution in [2.45, 2.75) is 30.4 Å². The number of rotatable bonds is 14. The normalized spacial score (nSPS) is 14.1. The molecule has 246 valence electrons. The van der Waals surface area contributed by atoms with Crippen LogP contribution >= 0.6 is 0 Å². The number of benzene rings is 3. The van der Waals surface area contributed by atoms with Crippen molar-refractivity contribution in [1.29, 1.82) is 0 Å². The van der Waals surface area contributed by atoms with Gasteiger partial charge in [0.2, 0.25) is 15.9 Å². The number of methoxy groups -OCH3 is 1. The van der Waals surface area contributed by atoms with Gasteiger partial charge in [-0.1, -0.05) is 42.5 Å². The molecule has 11 nitrogen and oxygen atoms in total. The minimum atomic E-state index is -3.67. The third-order valence-corrected chi connectivity index (χ3v) is 9.71. The molecule has 1 aromatic heterocycles. The Labute approximate surface area is 275 Å². The van der Waals surface area contributed by atoms with E-state index in [1.54, 1.807) is 31.6 Å². The van der Waals surface area contributed by atoms with E-state index < -0.39 is 22.0 Å². The van der Waals surface area contributed by atoms with Crippen LogP contribution in [0.25, 0.3) is 0 Å². The summed E-state index contributed by atoms with van der Waals surface area (Å²) < 4.78 is 43.9. The van der Waals surface area contributed by atoms with Gasteiger partial charge in [0, 0.05) is 45.0 Å². The lowest BCUT2D eigenvalue weighted by Crippen LogP contribution is -2.51. The highest BCUT2D eigenvalue weighted by molar-refractivity contribution is 7.89. The molecule has 0 spiro atoms. The molecule has 1 N–H and O–H groups in total. The summed E-state index contributed by atoms with van der Waals surface area (Å²) in [6.45, 7) is 1.33. The minimum Gasteiger partial charge on any atom is -0.497 e. The number of aromatic nitrogens is 1. The number of ether oxygens (including phenoxy) is 3. The lowest BCUT2D eigenvalue weighted by molar-refractivity contribution is -0.142. The van der Waals surface area contributed by atoms with Gasteiger partial charge in [0.1, 0.15) is 17.5 Å². The molecule has 2 amide bonds. The number of pyridine rings is 1. The molecule has 1 fully saturated rings. The van der Waals surface area contributed by atoms with Crippen LogP contribution in [0.4, 0.5) is 0 Å². The number of nitrogens with zero attached hydrogens (tertiary/aromatic N) is 3. The zero-order valence-electron chi connectivity index (χ0n) is 26.2. The average Bonchev–Trinajstić information content (AvgIpc) is 3.12. The largest absolute Gasteiger partial charge is 0.497 e. The number of nitrogens with one attached hydrogen (secondary N) is 1. The predicted octanol–water partition coefficient (Wildman–Crippen LogP) is 3.45. The molecular formula is C35H38N4O7S. The van der Waals surface area contributed by atoms with Crippen LogP contribution < -0.4 is 14.8 Å². The summed E-state index contributed by atoms with van der Waals surface area (Å²) in [5.74, 6) is 0.270. The number of hydrogen-bond donors (Lipinski definition) is 1. The van der Waals surface area contributed by atoms with E-state index in [0.29, 0.717) is 37.8 Å². The van der Waals surface area contributed by atoms with Crippen molar-refractivity contribution >= 4 is 21.8 Å². The number of amides is 2. The first-order chi connectivity index (χ1) is 22.8. The van der Waals surface area contributed by atoms with Gasteiger partial charge in [-0.15, -0.1) is 0 Å². The van der Waals surface area contributed by atoms with E-state index in [2.05, 4.69) is 10.3 Å². The summed E-state index contributed by atoms with van der Waals surface area (Å²) >= 11 is 0. The van der Waals surface area contributed by atoms with Crippen LogP contribution in [0.1, 0.15) is 16.7 Å². The first-order valence-corrected chi connectivity index (χ1v) is 16.7. The van der Waals surface area contributed by atoms with Crippen molar-refractivity contribution < 1.29 is 32.2 Å². The molecule has 0 bridgehead atoms. The number of morpholine rings is 1. The van der Waals surface area contributed by atoms with Crippen LogP contribution in [-0.4, -0.2) is 80.5 Å². The lowest BCUT2D eigenvalue weighted by atomic mass is 10.0. The molecule has 0 aliphatic carbocycles. The smallest absolute Gasteiger partial charge is 0.261 e. The van der Waals surface area contributed by atoms with Gasteiger partial charge in [-0.25, -0.2) is 8.42 Å². The number of hydrogen-bond acceptors (Lipinski definition) is 8. The molecule has 1 saturated heterocycles. The Morgan fingerprint density at radius 3 is 2.19 bits per heavy atom. The second-order valence-corrected chi connectivity index (χ2v) is 12.9. The molecule has 12 heteroatoms. The fraction of sp³-hybridized carbons (Fsp3) is 0.286. The summed E-state index contributed by atoms with van der Waals surface area (Å²) in [7, 11) is -2.09. The summed E-state index contributed by atoms with van der Waals surface area (Å²) in [6, 6.07) is 25.6. The Kier molecular flexibility index (Phi) is 11.6. The Bertz CT molecular complexity index is 1700. The van der Waals surface area contributed by atoms with Crippen LogP contribution in [0.15, 0.2) is 108 Å². The molecule has 4 aromatic rings. The van der Waals surface area contributed by atoms with Crippen molar-refractivity contribution in [3.8, 4) is 11.5 Å². The molecule has 0 saturated carbocycles. The van der Waals surface area contributed by atoms with Crippen LogP contribution in [-0.2, 0) is 43.9 Å². The van der Waals surface area contributed by atoms with Gasteiger partial charge in [-0.2, -0.15) is 4.31 Å². The zero-order chi connectivity index (χ0) is 33.1. The molecule has 1 atom stereocenters. The van der Waals surface area contributed by atoms with Crippen molar-refractivity contribution in [2.24, 2.45) is 0 Å². The number of carbonyl (C=O) groups excluding carboxylic acids is 2.